The summed E-state index contributed by atoms with van der Waals surface area (Å²) in [5.41, 5.74) is 6.90. The molecule has 3 N–H and O–H groups in total. The van der Waals surface area contributed by atoms with Crippen LogP contribution in [0.4, 0.5) is 31.5 Å². The molecule has 2 aliphatic rings. The summed E-state index contributed by atoms with van der Waals surface area (Å²) in [4.78, 5) is 16.2. The highest BCUT2D eigenvalue weighted by atomic mass is 19.1. The molecule has 2 saturated heterocycles. The zero-order chi connectivity index (χ0) is 24.1. The predicted molar refractivity (Wildman–Crippen MR) is 128 cm³/mol. The van der Waals surface area contributed by atoms with Gasteiger partial charge in [0.15, 0.2) is 5.82 Å². The van der Waals surface area contributed by atoms with E-state index in [2.05, 4.69) is 29.1 Å². The van der Waals surface area contributed by atoms with E-state index in [4.69, 9.17) is 5.73 Å². The zero-order valence-electron chi connectivity index (χ0n) is 19.3. The molecule has 2 aromatic carbocycles. The maximum absolute atomic E-state index is 13.8. The second-order valence-corrected chi connectivity index (χ2v) is 8.68. The Hall–Kier alpha value is -2.98. The van der Waals surface area contributed by atoms with Crippen molar-refractivity contribution in [2.45, 2.75) is 25.9 Å². The maximum Gasteiger partial charge on any atom is 0.272 e. The molecule has 180 valence electrons. The minimum absolute atomic E-state index is 0.213. The van der Waals surface area contributed by atoms with E-state index < -0.39 is 10.7 Å². The molecule has 0 bridgehead atoms. The van der Waals surface area contributed by atoms with Gasteiger partial charge in [-0.05, 0) is 45.2 Å². The van der Waals surface area contributed by atoms with Crippen molar-refractivity contribution in [1.82, 2.24) is 10.2 Å². The molecule has 4 rings (SSSR count). The minimum atomic E-state index is -0.590. The van der Waals surface area contributed by atoms with Crippen molar-refractivity contribution in [3.63, 3.8) is 0 Å². The van der Waals surface area contributed by atoms with Crippen LogP contribution >= 0.6 is 0 Å². The number of rotatable bonds is 3. The van der Waals surface area contributed by atoms with Crippen molar-refractivity contribution in [2.75, 3.05) is 61.8 Å². The van der Waals surface area contributed by atoms with Crippen molar-refractivity contribution in [2.24, 2.45) is 0 Å². The Labute approximate surface area is 193 Å². The maximum atomic E-state index is 13.8. The number of hydrogen-bond acceptors (Lipinski definition) is 7. The normalized spacial score (nSPS) is 21.4. The largest absolute Gasteiger partial charge is 0.399 e. The highest BCUT2D eigenvalue weighted by Crippen LogP contribution is 2.25. The standard InChI is InChI=1S/C12H18FN3.C11H14FN3O2/c1-9-8-16(6-5-15(9)2)12-4-3-10(14)7-11(12)13;1-8-7-14(5-4-13-8)11-3-2-9(15(16)17)6-10(11)12/h3-4,7,9H,5-6,8,14H2,1-2H3;2-3,6,8,13H,4-5,7H2,1H3. The van der Waals surface area contributed by atoms with Gasteiger partial charge in [0.25, 0.3) is 5.69 Å². The lowest BCUT2D eigenvalue weighted by Crippen LogP contribution is -2.50. The molecular weight excluding hydrogens is 430 g/mol. The van der Waals surface area contributed by atoms with Crippen LogP contribution in [0.2, 0.25) is 0 Å². The van der Waals surface area contributed by atoms with Crippen molar-refractivity contribution in [1.29, 1.82) is 0 Å². The number of halogens is 2. The predicted octanol–water partition coefficient (Wildman–Crippen LogP) is 3.08. The Morgan fingerprint density at radius 2 is 1.64 bits per heavy atom. The van der Waals surface area contributed by atoms with Crippen LogP contribution < -0.4 is 20.9 Å². The van der Waals surface area contributed by atoms with Crippen molar-refractivity contribution in [3.8, 4) is 0 Å². The summed E-state index contributed by atoms with van der Waals surface area (Å²) in [6.07, 6.45) is 0. The molecular formula is C23H32F2N6O2. The van der Waals surface area contributed by atoms with Crippen LogP contribution in [0.5, 0.6) is 0 Å². The number of nitrogens with two attached hydrogens (primary N) is 1. The molecule has 2 aromatic rings. The lowest BCUT2D eigenvalue weighted by molar-refractivity contribution is -0.385. The lowest BCUT2D eigenvalue weighted by atomic mass is 10.1. The molecule has 0 radical (unpaired) electrons. The molecule has 8 nitrogen and oxygen atoms in total. The number of anilines is 3. The van der Waals surface area contributed by atoms with Crippen molar-refractivity contribution in [3.05, 3.63) is 58.1 Å². The molecule has 2 atom stereocenters. The van der Waals surface area contributed by atoms with Gasteiger partial charge in [0, 0.05) is 63.1 Å². The Bertz CT molecular complexity index is 976. The highest BCUT2D eigenvalue weighted by Gasteiger charge is 2.23. The quantitative estimate of drug-likeness (QED) is 0.412. The van der Waals surface area contributed by atoms with Gasteiger partial charge in [-0.3, -0.25) is 10.1 Å². The molecule has 0 saturated carbocycles. The van der Waals surface area contributed by atoms with Gasteiger partial charge < -0.3 is 25.8 Å². The molecule has 2 unspecified atom stereocenters. The summed E-state index contributed by atoms with van der Waals surface area (Å²) < 4.78 is 27.5. The van der Waals surface area contributed by atoms with E-state index >= 15 is 0 Å². The van der Waals surface area contributed by atoms with E-state index in [0.717, 1.165) is 32.2 Å². The molecule has 2 heterocycles. The molecule has 0 aromatic heterocycles. The first-order chi connectivity index (χ1) is 15.7. The molecule has 33 heavy (non-hydrogen) atoms. The van der Waals surface area contributed by atoms with Gasteiger partial charge in [-0.25, -0.2) is 8.78 Å². The summed E-state index contributed by atoms with van der Waals surface area (Å²) in [6, 6.07) is 9.44. The average molecular weight is 463 g/mol. The van der Waals surface area contributed by atoms with Gasteiger partial charge in [0.05, 0.1) is 22.4 Å². The van der Waals surface area contributed by atoms with E-state index in [1.54, 1.807) is 12.1 Å². The number of likely N-dealkylation sites (N-methyl/N-ethyl adjacent to an activating group) is 1. The van der Waals surface area contributed by atoms with Crippen LogP contribution in [0.25, 0.3) is 0 Å². The SMILES string of the molecule is CC1CN(c2ccc(N)cc2F)CCN1C.CC1CN(c2ccc([N+](=O)[O-])cc2F)CCN1. The fourth-order valence-corrected chi connectivity index (χ4v) is 4.06. The molecule has 10 heteroatoms. The first kappa shape index (κ1) is 24.7. The number of non-ortho nitro benzene ring substituents is 1. The third kappa shape index (κ3) is 6.29. The number of nitrogen functional groups attached to an aromatic ring is 1. The number of nitrogens with one attached hydrogen (secondary N) is 1. The van der Waals surface area contributed by atoms with E-state index in [0.29, 0.717) is 42.2 Å². The first-order valence-electron chi connectivity index (χ1n) is 11.1. The number of piperazine rings is 2. The smallest absolute Gasteiger partial charge is 0.272 e. The number of nitrogens with zero attached hydrogens (tertiary/aromatic N) is 4. The fourth-order valence-electron chi connectivity index (χ4n) is 4.06. The number of benzene rings is 2. The van der Waals surface area contributed by atoms with Gasteiger partial charge in [-0.15, -0.1) is 0 Å². The molecule has 0 aliphatic carbocycles. The van der Waals surface area contributed by atoms with Crippen molar-refractivity contribution < 1.29 is 13.7 Å². The fraction of sp³-hybridized carbons (Fsp3) is 0.478. The van der Waals surface area contributed by atoms with Gasteiger partial charge in [0.1, 0.15) is 5.82 Å². The number of hydrogen-bond donors (Lipinski definition) is 2. The van der Waals surface area contributed by atoms with Gasteiger partial charge in [-0.2, -0.15) is 0 Å². The van der Waals surface area contributed by atoms with Crippen LogP contribution in [-0.2, 0) is 0 Å². The van der Waals surface area contributed by atoms with Crippen LogP contribution in [-0.4, -0.2) is 68.2 Å². The van der Waals surface area contributed by atoms with Gasteiger partial charge >= 0.3 is 0 Å². The van der Waals surface area contributed by atoms with E-state index in [9.17, 15) is 18.9 Å². The summed E-state index contributed by atoms with van der Waals surface area (Å²) in [5, 5.41) is 13.8. The first-order valence-corrected chi connectivity index (χ1v) is 11.1. The summed E-state index contributed by atoms with van der Waals surface area (Å²) in [5.74, 6) is -0.759. The van der Waals surface area contributed by atoms with E-state index in [-0.39, 0.29) is 11.5 Å². The molecule has 2 fully saturated rings. The summed E-state index contributed by atoms with van der Waals surface area (Å²) >= 11 is 0. The van der Waals surface area contributed by atoms with Crippen LogP contribution in [0.3, 0.4) is 0 Å². The lowest BCUT2D eigenvalue weighted by Gasteiger charge is -2.39. The zero-order valence-corrected chi connectivity index (χ0v) is 19.3. The summed E-state index contributed by atoms with van der Waals surface area (Å²) in [6.45, 7) is 9.06. The monoisotopic (exact) mass is 462 g/mol. The Balaban J connectivity index is 0.000000186. The third-order valence-electron chi connectivity index (χ3n) is 6.12. The van der Waals surface area contributed by atoms with E-state index in [1.807, 2.05) is 11.8 Å². The topological polar surface area (TPSA) is 90.9 Å². The third-order valence-corrected chi connectivity index (χ3v) is 6.12. The number of nitro groups is 1. The summed E-state index contributed by atoms with van der Waals surface area (Å²) in [7, 11) is 2.10. The Morgan fingerprint density at radius 3 is 2.21 bits per heavy atom. The highest BCUT2D eigenvalue weighted by molar-refractivity contribution is 5.55. The molecule has 2 aliphatic heterocycles. The van der Waals surface area contributed by atoms with Crippen LogP contribution in [0.15, 0.2) is 36.4 Å². The van der Waals surface area contributed by atoms with Crippen molar-refractivity contribution >= 4 is 22.7 Å². The Kier molecular flexibility index (Phi) is 8.04. The number of nitro benzene ring substituents is 1. The average Bonchev–Trinajstić information content (AvgIpc) is 2.76. The van der Waals surface area contributed by atoms with Gasteiger partial charge in [0.2, 0.25) is 0 Å². The second-order valence-electron chi connectivity index (χ2n) is 8.68. The van der Waals surface area contributed by atoms with Crippen LogP contribution in [0, 0.1) is 21.7 Å². The Morgan fingerprint density at radius 1 is 1.00 bits per heavy atom. The van der Waals surface area contributed by atoms with Crippen LogP contribution in [0.1, 0.15) is 13.8 Å². The molecule has 0 amide bonds. The molecule has 0 spiro atoms. The minimum Gasteiger partial charge on any atom is -0.399 e. The second kappa shape index (κ2) is 10.8. The van der Waals surface area contributed by atoms with E-state index in [1.165, 1.54) is 18.2 Å². The van der Waals surface area contributed by atoms with Gasteiger partial charge in [-0.1, -0.05) is 0 Å².